The molecule has 0 aliphatic heterocycles. The molecule has 1 atom stereocenters. The molecule has 0 nitrogen and oxygen atoms in total. The Kier molecular flexibility index (Phi) is 4.81. The molecule has 0 aromatic heterocycles. The van der Waals surface area contributed by atoms with Gasteiger partial charge < -0.3 is 0 Å². The van der Waals surface area contributed by atoms with Gasteiger partial charge in [-0.25, -0.2) is 0 Å². The smallest absolute Gasteiger partial charge is 0.0406 e. The monoisotopic (exact) mass is 272 g/mol. The highest BCUT2D eigenvalue weighted by Gasteiger charge is 1.82. The van der Waals surface area contributed by atoms with Crippen LogP contribution in [0.25, 0.3) is 0 Å². The molecule has 0 N–H and O–H groups in total. The fourth-order valence-electron chi connectivity index (χ4n) is 0.463. The molecule has 1 aromatic rings. The van der Waals surface area contributed by atoms with Crippen molar-refractivity contribution in [2.24, 2.45) is 0 Å². The Morgan fingerprint density at radius 2 is 1.56 bits per heavy atom. The molecule has 1 aromatic carbocycles. The largest absolute Gasteiger partial charge is 0.107 e. The summed E-state index contributed by atoms with van der Waals surface area (Å²) in [4.78, 5) is 0. The van der Waals surface area contributed by atoms with Crippen molar-refractivity contribution >= 4 is 50.1 Å². The number of halogens is 2. The minimum Gasteiger partial charge on any atom is -0.107 e. The van der Waals surface area contributed by atoms with Crippen molar-refractivity contribution in [3.05, 3.63) is 29.3 Å². The molecule has 50 valence electrons. The van der Waals surface area contributed by atoms with E-state index in [2.05, 4.69) is 9.24 Å². The van der Waals surface area contributed by atoms with E-state index < -0.39 is 0 Å². The van der Waals surface area contributed by atoms with Crippen molar-refractivity contribution in [2.45, 2.75) is 0 Å². The summed E-state index contributed by atoms with van der Waals surface area (Å²) in [5, 5.41) is 1.95. The van der Waals surface area contributed by atoms with Gasteiger partial charge in [0, 0.05) is 5.02 Å². The fraction of sp³-hybridized carbons (Fsp3) is 0. The molecule has 0 aliphatic rings. The maximum Gasteiger partial charge on any atom is 0.0406 e. The Balaban J connectivity index is 0.000000640. The van der Waals surface area contributed by atoms with Gasteiger partial charge in [-0.05, 0) is 17.4 Å². The van der Waals surface area contributed by atoms with Crippen LogP contribution < -0.4 is 5.30 Å². The summed E-state index contributed by atoms with van der Waals surface area (Å²) in [7, 11) is 2.59. The van der Waals surface area contributed by atoms with Crippen LogP contribution in [0.3, 0.4) is 0 Å². The van der Waals surface area contributed by atoms with E-state index in [1.165, 1.54) is 0 Å². The van der Waals surface area contributed by atoms with Crippen molar-refractivity contribution in [2.75, 3.05) is 0 Å². The number of rotatable bonds is 0. The van der Waals surface area contributed by atoms with Crippen molar-refractivity contribution in [3.63, 3.8) is 0 Å². The van der Waals surface area contributed by atoms with E-state index in [4.69, 9.17) is 11.6 Å². The van der Waals surface area contributed by atoms with Gasteiger partial charge in [-0.15, -0.1) is 33.2 Å². The van der Waals surface area contributed by atoms with Crippen LogP contribution in [-0.2, 0) is 0 Å². The molecular formula is C6H7ClIP. The average Bonchev–Trinajstić information content (AvgIpc) is 1.77. The molecule has 0 aliphatic carbocycles. The van der Waals surface area contributed by atoms with Gasteiger partial charge in [-0.1, -0.05) is 23.7 Å². The minimum absolute atomic E-state index is 0. The first-order valence-corrected chi connectivity index (χ1v) is 3.25. The van der Waals surface area contributed by atoms with Crippen molar-refractivity contribution in [1.29, 1.82) is 0 Å². The second-order valence-electron chi connectivity index (χ2n) is 1.55. The molecule has 9 heavy (non-hydrogen) atoms. The van der Waals surface area contributed by atoms with Crippen LogP contribution >= 0.6 is 44.8 Å². The van der Waals surface area contributed by atoms with E-state index in [0.717, 1.165) is 10.3 Å². The maximum absolute atomic E-state index is 5.60. The SMILES string of the molecule is I.Pc1ccc(Cl)cc1. The number of hydrogen-bond donors (Lipinski definition) is 0. The van der Waals surface area contributed by atoms with Crippen molar-refractivity contribution < 1.29 is 0 Å². The lowest BCUT2D eigenvalue weighted by Crippen LogP contribution is -1.84. The van der Waals surface area contributed by atoms with Gasteiger partial charge in [-0.2, -0.15) is 0 Å². The molecule has 1 unspecified atom stereocenters. The number of hydrogen-bond acceptors (Lipinski definition) is 0. The lowest BCUT2D eigenvalue weighted by molar-refractivity contribution is 1.77. The van der Waals surface area contributed by atoms with Gasteiger partial charge in [0.05, 0.1) is 0 Å². The Bertz CT molecular complexity index is 152. The van der Waals surface area contributed by atoms with Crippen molar-refractivity contribution in [1.82, 2.24) is 0 Å². The quantitative estimate of drug-likeness (QED) is 0.503. The molecule has 0 radical (unpaired) electrons. The van der Waals surface area contributed by atoms with E-state index >= 15 is 0 Å². The molecular weight excluding hydrogens is 265 g/mol. The van der Waals surface area contributed by atoms with Crippen LogP contribution in [0.1, 0.15) is 0 Å². The van der Waals surface area contributed by atoms with E-state index in [9.17, 15) is 0 Å². The molecule has 0 saturated carbocycles. The van der Waals surface area contributed by atoms with Crippen LogP contribution in [0.2, 0.25) is 5.02 Å². The second kappa shape index (κ2) is 4.48. The highest BCUT2D eigenvalue weighted by Crippen LogP contribution is 2.04. The Labute approximate surface area is 79.2 Å². The van der Waals surface area contributed by atoms with Crippen LogP contribution in [0.15, 0.2) is 24.3 Å². The Morgan fingerprint density at radius 3 is 1.89 bits per heavy atom. The summed E-state index contributed by atoms with van der Waals surface area (Å²) >= 11 is 5.60. The van der Waals surface area contributed by atoms with Crippen LogP contribution in [0.5, 0.6) is 0 Å². The summed E-state index contributed by atoms with van der Waals surface area (Å²) in [6.45, 7) is 0. The normalized spacial score (nSPS) is 8.22. The zero-order chi connectivity index (χ0) is 5.98. The highest BCUT2D eigenvalue weighted by molar-refractivity contribution is 14.0. The second-order valence-corrected chi connectivity index (χ2v) is 2.65. The predicted molar refractivity (Wildman–Crippen MR) is 56.2 cm³/mol. The van der Waals surface area contributed by atoms with Gasteiger partial charge in [0.1, 0.15) is 0 Å². The molecule has 0 spiro atoms. The molecule has 3 heteroatoms. The Hall–Kier alpha value is 0.670. The third-order valence-electron chi connectivity index (χ3n) is 0.870. The van der Waals surface area contributed by atoms with E-state index in [0.29, 0.717) is 0 Å². The third kappa shape index (κ3) is 3.39. The van der Waals surface area contributed by atoms with Gasteiger partial charge in [0.2, 0.25) is 0 Å². The molecule has 0 amide bonds. The Morgan fingerprint density at radius 1 is 1.11 bits per heavy atom. The zero-order valence-electron chi connectivity index (χ0n) is 4.67. The molecule has 1 rings (SSSR count). The zero-order valence-corrected chi connectivity index (χ0v) is 8.91. The van der Waals surface area contributed by atoms with Crippen LogP contribution in [-0.4, -0.2) is 0 Å². The first-order chi connectivity index (χ1) is 3.79. The first kappa shape index (κ1) is 9.67. The van der Waals surface area contributed by atoms with E-state index in [-0.39, 0.29) is 24.0 Å². The van der Waals surface area contributed by atoms with Gasteiger partial charge in [0.25, 0.3) is 0 Å². The maximum atomic E-state index is 5.60. The lowest BCUT2D eigenvalue weighted by atomic mass is 10.4. The summed E-state index contributed by atoms with van der Waals surface area (Å²) in [6, 6.07) is 7.63. The molecule has 0 fully saturated rings. The minimum atomic E-state index is 0. The van der Waals surface area contributed by atoms with Crippen molar-refractivity contribution in [3.8, 4) is 0 Å². The number of benzene rings is 1. The van der Waals surface area contributed by atoms with Crippen LogP contribution in [0.4, 0.5) is 0 Å². The van der Waals surface area contributed by atoms with Gasteiger partial charge in [0.15, 0.2) is 0 Å². The first-order valence-electron chi connectivity index (χ1n) is 2.30. The average molecular weight is 272 g/mol. The predicted octanol–water partition coefficient (Wildman–Crippen LogP) is 2.46. The lowest BCUT2D eigenvalue weighted by Gasteiger charge is -1.88. The standard InChI is InChI=1S/C6H6ClP.HI/c7-5-1-3-6(8)4-2-5;/h1-4H,8H2;1H. The summed E-state index contributed by atoms with van der Waals surface area (Å²) < 4.78 is 0. The van der Waals surface area contributed by atoms with E-state index in [1.807, 2.05) is 24.3 Å². The molecule has 0 bridgehead atoms. The summed E-state index contributed by atoms with van der Waals surface area (Å²) in [6.07, 6.45) is 0. The van der Waals surface area contributed by atoms with Gasteiger partial charge >= 0.3 is 0 Å². The third-order valence-corrected chi connectivity index (χ3v) is 1.51. The van der Waals surface area contributed by atoms with Gasteiger partial charge in [-0.3, -0.25) is 0 Å². The summed E-state index contributed by atoms with van der Waals surface area (Å²) in [5.74, 6) is 0. The summed E-state index contributed by atoms with van der Waals surface area (Å²) in [5.41, 5.74) is 0. The highest BCUT2D eigenvalue weighted by atomic mass is 127. The van der Waals surface area contributed by atoms with E-state index in [1.54, 1.807) is 0 Å². The molecule has 0 heterocycles. The van der Waals surface area contributed by atoms with Crippen LogP contribution in [0, 0.1) is 0 Å². The topological polar surface area (TPSA) is 0 Å². The molecule has 0 saturated heterocycles. The fourth-order valence-corrected chi connectivity index (χ4v) is 0.781.